The summed E-state index contributed by atoms with van der Waals surface area (Å²) < 4.78 is 3.78. The van der Waals surface area contributed by atoms with Gasteiger partial charge in [-0.05, 0) is 25.0 Å². The molecule has 7 heteroatoms. The van der Waals surface area contributed by atoms with Crippen molar-refractivity contribution in [1.29, 1.82) is 0 Å². The van der Waals surface area contributed by atoms with Gasteiger partial charge in [0.25, 0.3) is 5.91 Å². The fourth-order valence-electron chi connectivity index (χ4n) is 3.41. The maximum Gasteiger partial charge on any atom is 0.257 e. The minimum absolute atomic E-state index is 0.0322. The number of carbonyl (C=O) groups excluding carboxylic acids is 1. The first kappa shape index (κ1) is 15.6. The van der Waals surface area contributed by atoms with Crippen LogP contribution in [-0.2, 0) is 7.05 Å². The number of rotatable bonds is 3. The molecule has 0 saturated carbocycles. The Hall–Kier alpha value is -2.96. The number of carbonyl (C=O) groups is 1. The fraction of sp³-hybridized carbons (Fsp3) is 0.333. The highest BCUT2D eigenvalue weighted by molar-refractivity contribution is 5.99. The summed E-state index contributed by atoms with van der Waals surface area (Å²) in [4.78, 5) is 23.2. The van der Waals surface area contributed by atoms with Gasteiger partial charge < -0.3 is 9.47 Å². The van der Waals surface area contributed by atoms with Crippen molar-refractivity contribution in [2.45, 2.75) is 18.9 Å². The number of imidazole rings is 1. The van der Waals surface area contributed by atoms with Crippen LogP contribution in [0.3, 0.4) is 0 Å². The Morgan fingerprint density at radius 1 is 1.20 bits per heavy atom. The molecule has 1 saturated heterocycles. The van der Waals surface area contributed by atoms with E-state index in [9.17, 15) is 4.79 Å². The predicted octanol–water partition coefficient (Wildman–Crippen LogP) is 2.16. The summed E-state index contributed by atoms with van der Waals surface area (Å²) in [5.74, 6) is 0.0322. The first-order chi connectivity index (χ1) is 12.2. The molecule has 1 fully saturated rings. The molecular formula is C18H20N6O. The molecule has 0 bridgehead atoms. The molecule has 1 aliphatic heterocycles. The summed E-state index contributed by atoms with van der Waals surface area (Å²) in [6, 6.07) is 4.04. The van der Waals surface area contributed by atoms with Crippen LogP contribution >= 0.6 is 0 Å². The molecule has 4 heterocycles. The third kappa shape index (κ3) is 3.05. The van der Waals surface area contributed by atoms with Crippen LogP contribution in [0.15, 0.2) is 49.4 Å². The van der Waals surface area contributed by atoms with Crippen molar-refractivity contribution in [2.24, 2.45) is 7.05 Å². The normalized spacial score (nSPS) is 17.6. The lowest BCUT2D eigenvalue weighted by molar-refractivity contribution is 0.0680. The van der Waals surface area contributed by atoms with Gasteiger partial charge in [-0.2, -0.15) is 5.10 Å². The van der Waals surface area contributed by atoms with Gasteiger partial charge in [-0.1, -0.05) is 0 Å². The number of likely N-dealkylation sites (tertiary alicyclic amines) is 1. The predicted molar refractivity (Wildman–Crippen MR) is 92.8 cm³/mol. The van der Waals surface area contributed by atoms with E-state index >= 15 is 0 Å². The Balaban J connectivity index is 1.61. The molecule has 1 atom stereocenters. The van der Waals surface area contributed by atoms with Gasteiger partial charge in [0.15, 0.2) is 0 Å². The number of hydrogen-bond acceptors (Lipinski definition) is 4. The molecule has 4 rings (SSSR count). The molecule has 7 nitrogen and oxygen atoms in total. The third-order valence-electron chi connectivity index (χ3n) is 4.64. The SMILES string of the molecule is Cn1cc(C(=O)N2CCC[C@H](n3ccnc3)C2)c(-c2ccncc2)n1. The molecule has 1 aliphatic rings. The van der Waals surface area contributed by atoms with E-state index in [2.05, 4.69) is 19.6 Å². The van der Waals surface area contributed by atoms with Crippen molar-refractivity contribution >= 4 is 5.91 Å². The number of aryl methyl sites for hydroxylation is 1. The zero-order valence-electron chi connectivity index (χ0n) is 14.1. The van der Waals surface area contributed by atoms with Crippen molar-refractivity contribution in [2.75, 3.05) is 13.1 Å². The van der Waals surface area contributed by atoms with Crippen molar-refractivity contribution in [1.82, 2.24) is 29.2 Å². The molecule has 0 radical (unpaired) electrons. The first-order valence-corrected chi connectivity index (χ1v) is 8.43. The largest absolute Gasteiger partial charge is 0.336 e. The van der Waals surface area contributed by atoms with Gasteiger partial charge in [-0.15, -0.1) is 0 Å². The van der Waals surface area contributed by atoms with E-state index in [-0.39, 0.29) is 11.9 Å². The van der Waals surface area contributed by atoms with E-state index in [1.54, 1.807) is 29.5 Å². The van der Waals surface area contributed by atoms with Crippen molar-refractivity contribution in [3.63, 3.8) is 0 Å². The van der Waals surface area contributed by atoms with Crippen LogP contribution < -0.4 is 0 Å². The smallest absolute Gasteiger partial charge is 0.257 e. The highest BCUT2D eigenvalue weighted by Crippen LogP contribution is 2.26. The molecule has 0 N–H and O–H groups in total. The Morgan fingerprint density at radius 3 is 2.80 bits per heavy atom. The van der Waals surface area contributed by atoms with Gasteiger partial charge >= 0.3 is 0 Å². The molecule has 0 spiro atoms. The zero-order valence-corrected chi connectivity index (χ0v) is 14.1. The molecule has 3 aromatic heterocycles. The van der Waals surface area contributed by atoms with Gasteiger partial charge in [0, 0.05) is 56.7 Å². The number of nitrogens with zero attached hydrogens (tertiary/aromatic N) is 6. The van der Waals surface area contributed by atoms with Gasteiger partial charge in [-0.25, -0.2) is 4.98 Å². The Labute approximate surface area is 145 Å². The summed E-state index contributed by atoms with van der Waals surface area (Å²) in [6.07, 6.45) is 12.9. The Morgan fingerprint density at radius 2 is 2.04 bits per heavy atom. The maximum absolute atomic E-state index is 13.2. The lowest BCUT2D eigenvalue weighted by atomic mass is 10.0. The summed E-state index contributed by atoms with van der Waals surface area (Å²) in [5.41, 5.74) is 2.25. The minimum atomic E-state index is 0.0322. The number of aromatic nitrogens is 5. The second-order valence-corrected chi connectivity index (χ2v) is 6.36. The monoisotopic (exact) mass is 336 g/mol. The molecule has 1 amide bonds. The summed E-state index contributed by atoms with van der Waals surface area (Å²) in [7, 11) is 1.84. The quantitative estimate of drug-likeness (QED) is 0.735. The third-order valence-corrected chi connectivity index (χ3v) is 4.64. The number of hydrogen-bond donors (Lipinski definition) is 0. The van der Waals surface area contributed by atoms with Crippen LogP contribution in [0.1, 0.15) is 29.2 Å². The lowest BCUT2D eigenvalue weighted by Crippen LogP contribution is -2.40. The molecule has 0 unspecified atom stereocenters. The van der Waals surface area contributed by atoms with Crippen LogP contribution in [0.25, 0.3) is 11.3 Å². The number of amides is 1. The minimum Gasteiger partial charge on any atom is -0.336 e. The van der Waals surface area contributed by atoms with Gasteiger partial charge in [0.2, 0.25) is 0 Å². The van der Waals surface area contributed by atoms with Crippen LogP contribution in [0.4, 0.5) is 0 Å². The maximum atomic E-state index is 13.2. The molecule has 3 aromatic rings. The van der Waals surface area contributed by atoms with E-state index in [0.717, 1.165) is 24.9 Å². The van der Waals surface area contributed by atoms with E-state index in [0.29, 0.717) is 17.8 Å². The van der Waals surface area contributed by atoms with Crippen LogP contribution in [0, 0.1) is 0 Å². The second kappa shape index (κ2) is 6.51. The van der Waals surface area contributed by atoms with Crippen molar-refractivity contribution < 1.29 is 4.79 Å². The summed E-state index contributed by atoms with van der Waals surface area (Å²) in [6.45, 7) is 1.47. The lowest BCUT2D eigenvalue weighted by Gasteiger charge is -2.33. The standard InChI is InChI=1S/C18H20N6O/c1-22-12-16(17(21-22)14-4-6-19-7-5-14)18(25)23-9-2-3-15(11-23)24-10-8-20-13-24/h4-8,10,12-13,15H,2-3,9,11H2,1H3/t15-/m0/s1. The molecule has 0 aromatic carbocycles. The Kier molecular flexibility index (Phi) is 4.05. The highest BCUT2D eigenvalue weighted by Gasteiger charge is 2.28. The van der Waals surface area contributed by atoms with Crippen LogP contribution in [0.5, 0.6) is 0 Å². The van der Waals surface area contributed by atoms with Gasteiger partial charge in [0.05, 0.1) is 17.9 Å². The fourth-order valence-corrected chi connectivity index (χ4v) is 3.41. The first-order valence-electron chi connectivity index (χ1n) is 8.43. The highest BCUT2D eigenvalue weighted by atomic mass is 16.2. The van der Waals surface area contributed by atoms with Gasteiger partial charge in [0.1, 0.15) is 5.69 Å². The van der Waals surface area contributed by atoms with E-state index < -0.39 is 0 Å². The second-order valence-electron chi connectivity index (χ2n) is 6.36. The molecular weight excluding hydrogens is 316 g/mol. The molecule has 25 heavy (non-hydrogen) atoms. The van der Waals surface area contributed by atoms with E-state index in [1.807, 2.05) is 36.6 Å². The van der Waals surface area contributed by atoms with E-state index in [4.69, 9.17) is 0 Å². The topological polar surface area (TPSA) is 68.8 Å². The number of piperidine rings is 1. The zero-order chi connectivity index (χ0) is 17.2. The van der Waals surface area contributed by atoms with Crippen LogP contribution in [0.2, 0.25) is 0 Å². The molecule has 128 valence electrons. The summed E-state index contributed by atoms with van der Waals surface area (Å²) in [5, 5.41) is 4.49. The van der Waals surface area contributed by atoms with Crippen molar-refractivity contribution in [3.8, 4) is 11.3 Å². The Bertz CT molecular complexity index is 855. The average Bonchev–Trinajstić information content (AvgIpc) is 3.32. The van der Waals surface area contributed by atoms with Gasteiger partial charge in [-0.3, -0.25) is 14.5 Å². The molecule has 0 aliphatic carbocycles. The summed E-state index contributed by atoms with van der Waals surface area (Å²) >= 11 is 0. The van der Waals surface area contributed by atoms with Crippen LogP contribution in [-0.4, -0.2) is 48.2 Å². The average molecular weight is 336 g/mol. The number of pyridine rings is 1. The van der Waals surface area contributed by atoms with E-state index in [1.165, 1.54) is 0 Å². The van der Waals surface area contributed by atoms with Crippen molar-refractivity contribution in [3.05, 3.63) is 55.0 Å².